The molecule has 0 amide bonds. The Kier molecular flexibility index (Phi) is 5.03. The highest BCUT2D eigenvalue weighted by Gasteiger charge is 2.24. The van der Waals surface area contributed by atoms with Crippen molar-refractivity contribution >= 4 is 38.7 Å². The third-order valence-electron chi connectivity index (χ3n) is 5.44. The van der Waals surface area contributed by atoms with E-state index >= 15 is 0 Å². The monoisotopic (exact) mass is 421 g/mol. The van der Waals surface area contributed by atoms with Crippen molar-refractivity contribution in [2.24, 2.45) is 0 Å². The highest BCUT2D eigenvalue weighted by molar-refractivity contribution is 7.19. The number of hydrogen-bond donors (Lipinski definition) is 1. The summed E-state index contributed by atoms with van der Waals surface area (Å²) in [4.78, 5) is 20.3. The highest BCUT2D eigenvalue weighted by atomic mass is 32.1. The third-order valence-corrected chi connectivity index (χ3v) is 7.60. The van der Waals surface area contributed by atoms with Gasteiger partial charge in [0.2, 0.25) is 0 Å². The predicted molar refractivity (Wildman–Crippen MR) is 122 cm³/mol. The van der Waals surface area contributed by atoms with Gasteiger partial charge in [-0.2, -0.15) is 0 Å². The van der Waals surface area contributed by atoms with Crippen molar-refractivity contribution in [3.63, 3.8) is 0 Å². The zero-order chi connectivity index (χ0) is 19.8. The molecule has 0 saturated carbocycles. The van der Waals surface area contributed by atoms with Gasteiger partial charge in [-0.05, 0) is 62.5 Å². The van der Waals surface area contributed by atoms with Crippen LogP contribution in [0.5, 0.6) is 0 Å². The smallest absolute Gasteiger partial charge is 0.164 e. The van der Waals surface area contributed by atoms with E-state index in [0.29, 0.717) is 6.04 Å². The molecule has 1 aliphatic rings. The van der Waals surface area contributed by atoms with E-state index in [0.717, 1.165) is 41.4 Å². The van der Waals surface area contributed by atoms with E-state index in [2.05, 4.69) is 46.8 Å². The minimum absolute atomic E-state index is 0.300. The standard InChI is InChI=1S/C22H23N5S2/c1-27(2)16(18-9-5-11-28-18)13-24-21-19-15-7-3-8-17(15)29-22(19)26-20(25-21)14-6-4-10-23-12-14/h4-6,9-12,16H,3,7-8,13H2,1-2H3,(H,24,25,26). The molecule has 0 aliphatic heterocycles. The number of hydrogen-bond acceptors (Lipinski definition) is 7. The van der Waals surface area contributed by atoms with Gasteiger partial charge in [0.05, 0.1) is 11.4 Å². The fraction of sp³-hybridized carbons (Fsp3) is 0.318. The second-order valence-electron chi connectivity index (χ2n) is 7.55. The topological polar surface area (TPSA) is 53.9 Å². The first-order valence-corrected chi connectivity index (χ1v) is 11.6. The first-order chi connectivity index (χ1) is 14.2. The molecule has 7 heteroatoms. The predicted octanol–water partition coefficient (Wildman–Crippen LogP) is 5.02. The molecule has 0 saturated heterocycles. The van der Waals surface area contributed by atoms with Crippen LogP contribution in [0.15, 0.2) is 42.0 Å². The van der Waals surface area contributed by atoms with Gasteiger partial charge < -0.3 is 10.2 Å². The second-order valence-corrected chi connectivity index (χ2v) is 9.61. The van der Waals surface area contributed by atoms with Gasteiger partial charge in [-0.15, -0.1) is 22.7 Å². The Balaban J connectivity index is 1.56. The Bertz CT molecular complexity index is 1120. The van der Waals surface area contributed by atoms with E-state index in [1.54, 1.807) is 17.5 Å². The Hall–Kier alpha value is -2.35. The molecular weight excluding hydrogens is 398 g/mol. The average Bonchev–Trinajstić information content (AvgIpc) is 3.46. The van der Waals surface area contributed by atoms with Crippen molar-refractivity contribution < 1.29 is 0 Å². The SMILES string of the molecule is CN(C)C(CNc1nc(-c2cccnc2)nc2sc3c(c12)CCC3)c1cccs1. The Morgan fingerprint density at radius 2 is 2.10 bits per heavy atom. The fourth-order valence-corrected chi connectivity index (χ4v) is 6.14. The number of fused-ring (bicyclic) bond motifs is 3. The van der Waals surface area contributed by atoms with Gasteiger partial charge in [0, 0.05) is 34.3 Å². The van der Waals surface area contributed by atoms with Gasteiger partial charge >= 0.3 is 0 Å². The number of rotatable bonds is 6. The van der Waals surface area contributed by atoms with Crippen molar-refractivity contribution in [1.82, 2.24) is 19.9 Å². The van der Waals surface area contributed by atoms with Crippen molar-refractivity contribution in [3.8, 4) is 11.4 Å². The minimum atomic E-state index is 0.300. The molecule has 4 aromatic heterocycles. The van der Waals surface area contributed by atoms with Crippen LogP contribution >= 0.6 is 22.7 Å². The number of thiophene rings is 2. The van der Waals surface area contributed by atoms with Gasteiger partial charge in [0.15, 0.2) is 5.82 Å². The number of nitrogens with one attached hydrogen (secondary N) is 1. The van der Waals surface area contributed by atoms with Crippen LogP contribution in [0.25, 0.3) is 21.6 Å². The summed E-state index contributed by atoms with van der Waals surface area (Å²) in [6.07, 6.45) is 7.13. The van der Waals surface area contributed by atoms with Crippen LogP contribution < -0.4 is 5.32 Å². The summed E-state index contributed by atoms with van der Waals surface area (Å²) in [6, 6.07) is 8.58. The van der Waals surface area contributed by atoms with Gasteiger partial charge in [0.25, 0.3) is 0 Å². The normalized spacial score (nSPS) is 14.4. The third kappa shape index (κ3) is 3.54. The number of aryl methyl sites for hydroxylation is 2. The summed E-state index contributed by atoms with van der Waals surface area (Å²) in [6.45, 7) is 0.802. The van der Waals surface area contributed by atoms with Crippen molar-refractivity contribution in [2.45, 2.75) is 25.3 Å². The summed E-state index contributed by atoms with van der Waals surface area (Å²) < 4.78 is 0. The van der Waals surface area contributed by atoms with Gasteiger partial charge in [-0.1, -0.05) is 6.07 Å². The Labute approximate surface area is 178 Å². The highest BCUT2D eigenvalue weighted by Crippen LogP contribution is 2.40. The molecule has 0 radical (unpaired) electrons. The molecule has 0 fully saturated rings. The molecule has 4 heterocycles. The van der Waals surface area contributed by atoms with E-state index in [1.165, 1.54) is 27.1 Å². The van der Waals surface area contributed by atoms with Crippen molar-refractivity contribution in [1.29, 1.82) is 0 Å². The molecule has 1 N–H and O–H groups in total. The zero-order valence-corrected chi connectivity index (χ0v) is 18.2. The molecule has 5 nitrogen and oxygen atoms in total. The number of likely N-dealkylation sites (N-methyl/N-ethyl adjacent to an activating group) is 1. The lowest BCUT2D eigenvalue weighted by Gasteiger charge is -2.24. The summed E-state index contributed by atoms with van der Waals surface area (Å²) in [5.74, 6) is 1.70. The zero-order valence-electron chi connectivity index (χ0n) is 16.6. The van der Waals surface area contributed by atoms with Gasteiger partial charge in [-0.25, -0.2) is 9.97 Å². The van der Waals surface area contributed by atoms with Crippen molar-refractivity contribution in [2.75, 3.05) is 26.0 Å². The molecule has 1 unspecified atom stereocenters. The molecule has 0 bridgehead atoms. The van der Waals surface area contributed by atoms with Crippen LogP contribution in [0.1, 0.15) is 27.8 Å². The van der Waals surface area contributed by atoms with Gasteiger partial charge in [-0.3, -0.25) is 4.98 Å². The lowest BCUT2D eigenvalue weighted by atomic mass is 10.1. The molecule has 29 heavy (non-hydrogen) atoms. The van der Waals surface area contributed by atoms with E-state index in [9.17, 15) is 0 Å². The number of anilines is 1. The van der Waals surface area contributed by atoms with E-state index < -0.39 is 0 Å². The van der Waals surface area contributed by atoms with Crippen LogP contribution in [-0.2, 0) is 12.8 Å². The molecule has 0 spiro atoms. The summed E-state index contributed by atoms with van der Waals surface area (Å²) in [7, 11) is 4.26. The molecule has 4 aromatic rings. The number of pyridine rings is 1. The maximum Gasteiger partial charge on any atom is 0.164 e. The molecule has 1 aliphatic carbocycles. The Morgan fingerprint density at radius 1 is 1.17 bits per heavy atom. The van der Waals surface area contributed by atoms with Crippen LogP contribution in [0.3, 0.4) is 0 Å². The largest absolute Gasteiger partial charge is 0.367 e. The van der Waals surface area contributed by atoms with Crippen LogP contribution in [0.2, 0.25) is 0 Å². The molecular formula is C22H23N5S2. The molecule has 1 atom stereocenters. The first kappa shape index (κ1) is 18.7. The second kappa shape index (κ2) is 7.82. The molecule has 0 aromatic carbocycles. The maximum atomic E-state index is 4.96. The lowest BCUT2D eigenvalue weighted by Crippen LogP contribution is -2.26. The van der Waals surface area contributed by atoms with Crippen LogP contribution in [0, 0.1) is 0 Å². The summed E-state index contributed by atoms with van der Waals surface area (Å²) in [5, 5.41) is 7.04. The fourth-order valence-electron chi connectivity index (χ4n) is 3.96. The van der Waals surface area contributed by atoms with Crippen molar-refractivity contribution in [3.05, 3.63) is 57.4 Å². The summed E-state index contributed by atoms with van der Waals surface area (Å²) >= 11 is 3.63. The maximum absolute atomic E-state index is 4.96. The first-order valence-electron chi connectivity index (χ1n) is 9.87. The average molecular weight is 422 g/mol. The van der Waals surface area contributed by atoms with E-state index in [1.807, 2.05) is 29.7 Å². The van der Waals surface area contributed by atoms with Gasteiger partial charge in [0.1, 0.15) is 10.6 Å². The Morgan fingerprint density at radius 3 is 2.86 bits per heavy atom. The quantitative estimate of drug-likeness (QED) is 0.474. The molecule has 5 rings (SSSR count). The summed E-state index contributed by atoms with van der Waals surface area (Å²) in [5.41, 5.74) is 2.40. The minimum Gasteiger partial charge on any atom is -0.367 e. The number of nitrogens with zero attached hydrogens (tertiary/aromatic N) is 4. The van der Waals surface area contributed by atoms with E-state index in [-0.39, 0.29) is 0 Å². The lowest BCUT2D eigenvalue weighted by molar-refractivity contribution is 0.316. The molecule has 148 valence electrons. The van der Waals surface area contributed by atoms with Crippen LogP contribution in [-0.4, -0.2) is 40.5 Å². The number of aromatic nitrogens is 3. The van der Waals surface area contributed by atoms with E-state index in [4.69, 9.17) is 9.97 Å². The van der Waals surface area contributed by atoms with Crippen LogP contribution in [0.4, 0.5) is 5.82 Å².